The predicted molar refractivity (Wildman–Crippen MR) is 105 cm³/mol. The van der Waals surface area contributed by atoms with Crippen molar-refractivity contribution in [3.05, 3.63) is 59.9 Å². The maximum atomic E-state index is 12.5. The van der Waals surface area contributed by atoms with Gasteiger partial charge in [0.2, 0.25) is 5.91 Å². The van der Waals surface area contributed by atoms with Crippen LogP contribution in [0.1, 0.15) is 48.1 Å². The SMILES string of the molecule is CC(NC(=O)[C@@H]1CCC[C@@H]1CN)c1ccc(NC(=O)c2ccncc2)cc1. The molecule has 1 fully saturated rings. The fourth-order valence-corrected chi connectivity index (χ4v) is 3.63. The lowest BCUT2D eigenvalue weighted by Crippen LogP contribution is -2.36. The summed E-state index contributed by atoms with van der Waals surface area (Å²) in [4.78, 5) is 28.6. The average Bonchev–Trinajstić information content (AvgIpc) is 3.18. The molecular weight excluding hydrogens is 340 g/mol. The fourth-order valence-electron chi connectivity index (χ4n) is 3.63. The Kier molecular flexibility index (Phi) is 6.19. The van der Waals surface area contributed by atoms with E-state index in [2.05, 4.69) is 15.6 Å². The van der Waals surface area contributed by atoms with Crippen LogP contribution in [0.3, 0.4) is 0 Å². The molecule has 1 aliphatic rings. The number of pyridine rings is 1. The molecule has 1 heterocycles. The van der Waals surface area contributed by atoms with Gasteiger partial charge in [-0.3, -0.25) is 14.6 Å². The molecule has 2 amide bonds. The van der Waals surface area contributed by atoms with Gasteiger partial charge in [-0.1, -0.05) is 18.6 Å². The van der Waals surface area contributed by atoms with Crippen LogP contribution in [0, 0.1) is 11.8 Å². The monoisotopic (exact) mass is 366 g/mol. The van der Waals surface area contributed by atoms with Crippen LogP contribution in [0.15, 0.2) is 48.8 Å². The van der Waals surface area contributed by atoms with E-state index < -0.39 is 0 Å². The minimum atomic E-state index is -0.180. The van der Waals surface area contributed by atoms with Crippen LogP contribution in [0.5, 0.6) is 0 Å². The largest absolute Gasteiger partial charge is 0.349 e. The Morgan fingerprint density at radius 1 is 1.15 bits per heavy atom. The second kappa shape index (κ2) is 8.77. The standard InChI is InChI=1S/C21H26N4O2/c1-14(24-21(27)19-4-2-3-17(19)13-22)15-5-7-18(8-6-15)25-20(26)16-9-11-23-12-10-16/h5-12,14,17,19H,2-4,13,22H2,1H3,(H,24,27)(H,25,26)/t14?,17-,19-/m1/s1. The lowest BCUT2D eigenvalue weighted by Gasteiger charge is -2.21. The summed E-state index contributed by atoms with van der Waals surface area (Å²) < 4.78 is 0. The van der Waals surface area contributed by atoms with Gasteiger partial charge in [-0.2, -0.15) is 0 Å². The summed E-state index contributed by atoms with van der Waals surface area (Å²) in [7, 11) is 0. The molecule has 1 saturated carbocycles. The maximum absolute atomic E-state index is 12.5. The number of nitrogens with zero attached hydrogens (tertiary/aromatic N) is 1. The van der Waals surface area contributed by atoms with E-state index >= 15 is 0 Å². The van der Waals surface area contributed by atoms with Crippen molar-refractivity contribution in [1.29, 1.82) is 0 Å². The highest BCUT2D eigenvalue weighted by atomic mass is 16.2. The van der Waals surface area contributed by atoms with Crippen molar-refractivity contribution in [2.75, 3.05) is 11.9 Å². The summed E-state index contributed by atoms with van der Waals surface area (Å²) in [5, 5.41) is 5.96. The zero-order valence-corrected chi connectivity index (χ0v) is 15.5. The van der Waals surface area contributed by atoms with Crippen molar-refractivity contribution >= 4 is 17.5 Å². The summed E-state index contributed by atoms with van der Waals surface area (Å²) in [6.45, 7) is 2.53. The van der Waals surface area contributed by atoms with Crippen LogP contribution >= 0.6 is 0 Å². The maximum Gasteiger partial charge on any atom is 0.255 e. The van der Waals surface area contributed by atoms with Gasteiger partial charge in [0.1, 0.15) is 0 Å². The molecule has 4 N–H and O–H groups in total. The van der Waals surface area contributed by atoms with Crippen molar-refractivity contribution in [3.63, 3.8) is 0 Å². The van der Waals surface area contributed by atoms with Crippen molar-refractivity contribution in [3.8, 4) is 0 Å². The molecule has 0 spiro atoms. The Morgan fingerprint density at radius 3 is 2.52 bits per heavy atom. The topological polar surface area (TPSA) is 97.1 Å². The zero-order chi connectivity index (χ0) is 19.2. The molecule has 0 saturated heterocycles. The number of nitrogens with two attached hydrogens (primary N) is 1. The van der Waals surface area contributed by atoms with Gasteiger partial charge in [-0.25, -0.2) is 0 Å². The van der Waals surface area contributed by atoms with Crippen LogP contribution < -0.4 is 16.4 Å². The fraction of sp³-hybridized carbons (Fsp3) is 0.381. The Morgan fingerprint density at radius 2 is 1.85 bits per heavy atom. The third-order valence-corrected chi connectivity index (χ3v) is 5.27. The number of carbonyl (C=O) groups excluding carboxylic acids is 2. The molecule has 3 rings (SSSR count). The average molecular weight is 366 g/mol. The third kappa shape index (κ3) is 4.71. The Bertz CT molecular complexity index is 777. The molecule has 2 aromatic rings. The van der Waals surface area contributed by atoms with Crippen LogP contribution in [0.25, 0.3) is 0 Å². The van der Waals surface area contributed by atoms with Crippen LogP contribution in [-0.2, 0) is 4.79 Å². The van der Waals surface area contributed by atoms with E-state index in [-0.39, 0.29) is 23.8 Å². The number of aromatic nitrogens is 1. The van der Waals surface area contributed by atoms with E-state index in [1.807, 2.05) is 31.2 Å². The minimum absolute atomic E-state index is 0.0244. The van der Waals surface area contributed by atoms with Gasteiger partial charge in [0.25, 0.3) is 5.91 Å². The summed E-state index contributed by atoms with van der Waals surface area (Å²) in [6.07, 6.45) is 6.19. The molecule has 1 aliphatic carbocycles. The van der Waals surface area contributed by atoms with Gasteiger partial charge in [0.05, 0.1) is 6.04 Å². The van der Waals surface area contributed by atoms with Crippen LogP contribution in [0.4, 0.5) is 5.69 Å². The molecule has 1 unspecified atom stereocenters. The number of hydrogen-bond donors (Lipinski definition) is 3. The Balaban J connectivity index is 1.58. The van der Waals surface area contributed by atoms with Gasteiger partial charge in [-0.05, 0) is 62.1 Å². The van der Waals surface area contributed by atoms with Crippen LogP contribution in [-0.4, -0.2) is 23.3 Å². The number of hydrogen-bond acceptors (Lipinski definition) is 4. The van der Waals surface area contributed by atoms with Gasteiger partial charge >= 0.3 is 0 Å². The second-order valence-electron chi connectivity index (χ2n) is 7.08. The molecular formula is C21H26N4O2. The predicted octanol–water partition coefficient (Wildman–Crippen LogP) is 2.89. The third-order valence-electron chi connectivity index (χ3n) is 5.27. The normalized spacial score (nSPS) is 20.1. The highest BCUT2D eigenvalue weighted by molar-refractivity contribution is 6.04. The molecule has 27 heavy (non-hydrogen) atoms. The molecule has 6 heteroatoms. The first-order chi connectivity index (χ1) is 13.1. The quantitative estimate of drug-likeness (QED) is 0.732. The number of anilines is 1. The number of rotatable bonds is 6. The van der Waals surface area contributed by atoms with Crippen molar-refractivity contribution in [2.45, 2.75) is 32.2 Å². The summed E-state index contributed by atoms with van der Waals surface area (Å²) in [6, 6.07) is 10.8. The molecule has 1 aromatic carbocycles. The van der Waals surface area contributed by atoms with E-state index in [1.165, 1.54) is 0 Å². The van der Waals surface area contributed by atoms with E-state index in [0.29, 0.717) is 23.7 Å². The molecule has 3 atom stereocenters. The van der Waals surface area contributed by atoms with Gasteiger partial charge in [0.15, 0.2) is 0 Å². The number of amides is 2. The van der Waals surface area contributed by atoms with Gasteiger partial charge in [-0.15, -0.1) is 0 Å². The first kappa shape index (κ1) is 19.0. The lowest BCUT2D eigenvalue weighted by atomic mass is 9.94. The first-order valence-corrected chi connectivity index (χ1v) is 9.40. The van der Waals surface area contributed by atoms with E-state index in [1.54, 1.807) is 24.5 Å². The molecule has 142 valence electrons. The summed E-state index contributed by atoms with van der Waals surface area (Å²) in [5.41, 5.74) is 8.04. The Labute approximate surface area is 159 Å². The van der Waals surface area contributed by atoms with Gasteiger partial charge < -0.3 is 16.4 Å². The summed E-state index contributed by atoms with van der Waals surface area (Å²) in [5.74, 6) is 0.227. The summed E-state index contributed by atoms with van der Waals surface area (Å²) >= 11 is 0. The smallest absolute Gasteiger partial charge is 0.255 e. The molecule has 0 aliphatic heterocycles. The highest BCUT2D eigenvalue weighted by Gasteiger charge is 2.32. The van der Waals surface area contributed by atoms with Crippen molar-refractivity contribution in [2.24, 2.45) is 17.6 Å². The molecule has 1 aromatic heterocycles. The van der Waals surface area contributed by atoms with Crippen molar-refractivity contribution < 1.29 is 9.59 Å². The van der Waals surface area contributed by atoms with Crippen LogP contribution in [0.2, 0.25) is 0 Å². The van der Waals surface area contributed by atoms with Gasteiger partial charge in [0, 0.05) is 29.6 Å². The minimum Gasteiger partial charge on any atom is -0.349 e. The Hall–Kier alpha value is -2.73. The first-order valence-electron chi connectivity index (χ1n) is 9.40. The highest BCUT2D eigenvalue weighted by Crippen LogP contribution is 2.31. The number of carbonyl (C=O) groups is 2. The lowest BCUT2D eigenvalue weighted by molar-refractivity contribution is -0.126. The number of benzene rings is 1. The molecule has 0 radical (unpaired) electrons. The van der Waals surface area contributed by atoms with E-state index in [0.717, 1.165) is 24.8 Å². The molecule has 0 bridgehead atoms. The second-order valence-corrected chi connectivity index (χ2v) is 7.08. The zero-order valence-electron chi connectivity index (χ0n) is 15.5. The molecule has 6 nitrogen and oxygen atoms in total. The van der Waals surface area contributed by atoms with E-state index in [9.17, 15) is 9.59 Å². The van der Waals surface area contributed by atoms with E-state index in [4.69, 9.17) is 5.73 Å². The number of nitrogens with one attached hydrogen (secondary N) is 2. The van der Waals surface area contributed by atoms with Crippen molar-refractivity contribution in [1.82, 2.24) is 10.3 Å².